The van der Waals surface area contributed by atoms with Gasteiger partial charge in [0.25, 0.3) is 0 Å². The highest BCUT2D eigenvalue weighted by atomic mass is 16.6. The van der Waals surface area contributed by atoms with Crippen LogP contribution in [0.2, 0.25) is 0 Å². The number of hydrogen-bond acceptors (Lipinski definition) is 10. The smallest absolute Gasteiger partial charge is 0.351 e. The van der Waals surface area contributed by atoms with E-state index in [2.05, 4.69) is 0 Å². The predicted molar refractivity (Wildman–Crippen MR) is 144 cm³/mol. The van der Waals surface area contributed by atoms with Crippen molar-refractivity contribution in [1.29, 1.82) is 0 Å². The Kier molecular flexibility index (Phi) is 9.06. The molecule has 2 fully saturated rings. The number of hydrogen-bond donors (Lipinski definition) is 1. The molecular formula is C30H42O10. The van der Waals surface area contributed by atoms with Crippen molar-refractivity contribution in [2.75, 3.05) is 0 Å². The summed E-state index contributed by atoms with van der Waals surface area (Å²) in [6.45, 7) is 14.3. The Balaban J connectivity index is 2.01. The standard InChI is InChI=1S/C30H42O10/c1-10-17(4)24(31)36-19(6)29(8,35)26(33)37-20-14-16(3)12-13-22-28(7,39-22)15-21-23(20)30(9,27(34)38-21)40-25(32)18(5)11-2/h10-11,14,19-23,35H,12-13,15H2,1-9H3. The molecule has 1 N–H and O–H groups in total. The molecule has 0 saturated carbocycles. The Hall–Kier alpha value is -2.98. The zero-order chi connectivity index (χ0) is 30.2. The van der Waals surface area contributed by atoms with E-state index in [0.717, 1.165) is 12.0 Å². The molecule has 10 heteroatoms. The van der Waals surface area contributed by atoms with Crippen LogP contribution in [0.4, 0.5) is 0 Å². The van der Waals surface area contributed by atoms with Gasteiger partial charge in [-0.2, -0.15) is 0 Å². The van der Waals surface area contributed by atoms with E-state index in [1.807, 2.05) is 13.8 Å². The number of epoxide rings is 1. The second-order valence-electron chi connectivity index (χ2n) is 11.6. The molecule has 0 aromatic carbocycles. The van der Waals surface area contributed by atoms with Crippen LogP contribution in [0, 0.1) is 5.92 Å². The summed E-state index contributed by atoms with van der Waals surface area (Å²) >= 11 is 0. The molecule has 3 aliphatic rings. The van der Waals surface area contributed by atoms with E-state index in [1.54, 1.807) is 45.9 Å². The third-order valence-electron chi connectivity index (χ3n) is 8.49. The number of carbonyl (C=O) groups excluding carboxylic acids is 4. The molecule has 2 saturated heterocycles. The molecule has 8 atom stereocenters. The number of fused-ring (bicyclic) bond motifs is 2. The van der Waals surface area contributed by atoms with Gasteiger partial charge >= 0.3 is 23.9 Å². The van der Waals surface area contributed by atoms with Gasteiger partial charge < -0.3 is 28.8 Å². The molecule has 40 heavy (non-hydrogen) atoms. The lowest BCUT2D eigenvalue weighted by Gasteiger charge is -2.36. The highest BCUT2D eigenvalue weighted by Crippen LogP contribution is 2.50. The van der Waals surface area contributed by atoms with Gasteiger partial charge in [-0.15, -0.1) is 0 Å². The molecule has 0 radical (unpaired) electrons. The van der Waals surface area contributed by atoms with Crippen molar-refractivity contribution in [2.24, 2.45) is 5.92 Å². The van der Waals surface area contributed by atoms with Gasteiger partial charge in [-0.25, -0.2) is 19.2 Å². The van der Waals surface area contributed by atoms with Crippen molar-refractivity contribution in [3.63, 3.8) is 0 Å². The van der Waals surface area contributed by atoms with Gasteiger partial charge in [0.05, 0.1) is 17.6 Å². The maximum Gasteiger partial charge on any atom is 0.351 e. The summed E-state index contributed by atoms with van der Waals surface area (Å²) in [5.74, 6) is -4.17. The number of esters is 4. The molecule has 10 nitrogen and oxygen atoms in total. The van der Waals surface area contributed by atoms with Crippen LogP contribution in [-0.4, -0.2) is 70.2 Å². The third kappa shape index (κ3) is 6.17. The van der Waals surface area contributed by atoms with Gasteiger partial charge in [-0.1, -0.05) is 17.7 Å². The molecule has 2 aliphatic heterocycles. The molecule has 0 amide bonds. The van der Waals surface area contributed by atoms with E-state index in [4.69, 9.17) is 23.7 Å². The summed E-state index contributed by atoms with van der Waals surface area (Å²) in [6, 6.07) is 0. The van der Waals surface area contributed by atoms with Gasteiger partial charge in [0, 0.05) is 17.6 Å². The third-order valence-corrected chi connectivity index (χ3v) is 8.49. The summed E-state index contributed by atoms with van der Waals surface area (Å²) < 4.78 is 28.7. The first-order chi connectivity index (χ1) is 18.5. The number of rotatable bonds is 7. The number of aliphatic hydroxyl groups is 1. The van der Waals surface area contributed by atoms with E-state index in [0.29, 0.717) is 24.0 Å². The Bertz CT molecular complexity index is 1150. The summed E-state index contributed by atoms with van der Waals surface area (Å²) in [5.41, 5.74) is -3.12. The van der Waals surface area contributed by atoms with Crippen LogP contribution in [0.5, 0.6) is 0 Å². The first-order valence-electron chi connectivity index (χ1n) is 13.7. The van der Waals surface area contributed by atoms with Crippen LogP contribution >= 0.6 is 0 Å². The number of allylic oxidation sites excluding steroid dienone is 3. The minimum atomic E-state index is -2.23. The zero-order valence-electron chi connectivity index (χ0n) is 24.9. The average Bonchev–Trinajstić information content (AvgIpc) is 3.46. The van der Waals surface area contributed by atoms with Crippen LogP contribution in [0.25, 0.3) is 0 Å². The molecular weight excluding hydrogens is 520 g/mol. The average molecular weight is 563 g/mol. The van der Waals surface area contributed by atoms with Gasteiger partial charge in [0.2, 0.25) is 5.60 Å². The SMILES string of the molecule is CC=C(C)C(=O)OC(C)C(C)(O)C(=O)OC1C=C(C)CCC2OC2(C)CC2OC(=O)C(C)(OC(=O)C(C)=CC)C12. The highest BCUT2D eigenvalue weighted by molar-refractivity contribution is 5.92. The molecule has 0 aromatic rings. The fourth-order valence-corrected chi connectivity index (χ4v) is 5.08. The van der Waals surface area contributed by atoms with Gasteiger partial charge in [0.1, 0.15) is 18.3 Å². The van der Waals surface area contributed by atoms with Crippen LogP contribution in [0.3, 0.4) is 0 Å². The summed E-state index contributed by atoms with van der Waals surface area (Å²) in [4.78, 5) is 51.9. The van der Waals surface area contributed by atoms with Crippen molar-refractivity contribution in [1.82, 2.24) is 0 Å². The molecule has 0 aromatic heterocycles. The lowest BCUT2D eigenvalue weighted by Crippen LogP contribution is -2.54. The molecule has 0 bridgehead atoms. The van der Waals surface area contributed by atoms with E-state index < -0.39 is 64.9 Å². The summed E-state index contributed by atoms with van der Waals surface area (Å²) in [5, 5.41) is 11.1. The van der Waals surface area contributed by atoms with Crippen molar-refractivity contribution in [3.05, 3.63) is 34.9 Å². The van der Waals surface area contributed by atoms with Crippen molar-refractivity contribution >= 4 is 23.9 Å². The van der Waals surface area contributed by atoms with E-state index in [-0.39, 0.29) is 6.10 Å². The maximum atomic E-state index is 13.5. The maximum absolute atomic E-state index is 13.5. The molecule has 0 spiro atoms. The fraction of sp³-hybridized carbons (Fsp3) is 0.667. The summed E-state index contributed by atoms with van der Waals surface area (Å²) in [7, 11) is 0. The molecule has 1 aliphatic carbocycles. The predicted octanol–water partition coefficient (Wildman–Crippen LogP) is 3.64. The van der Waals surface area contributed by atoms with E-state index in [1.165, 1.54) is 20.8 Å². The Morgan fingerprint density at radius 2 is 1.75 bits per heavy atom. The van der Waals surface area contributed by atoms with Crippen LogP contribution < -0.4 is 0 Å². The molecule has 8 unspecified atom stereocenters. The Morgan fingerprint density at radius 1 is 1.15 bits per heavy atom. The van der Waals surface area contributed by atoms with Crippen LogP contribution in [0.15, 0.2) is 34.9 Å². The molecule has 222 valence electrons. The molecule has 2 heterocycles. The highest BCUT2D eigenvalue weighted by Gasteiger charge is 2.65. The van der Waals surface area contributed by atoms with Crippen molar-refractivity contribution < 1.29 is 48.0 Å². The normalized spacial score (nSPS) is 34.6. The van der Waals surface area contributed by atoms with E-state index in [9.17, 15) is 24.3 Å². The van der Waals surface area contributed by atoms with Gasteiger partial charge in [0.15, 0.2) is 5.60 Å². The second kappa shape index (κ2) is 11.5. The topological polar surface area (TPSA) is 138 Å². The fourth-order valence-electron chi connectivity index (χ4n) is 5.08. The Morgan fingerprint density at radius 3 is 2.35 bits per heavy atom. The lowest BCUT2D eigenvalue weighted by molar-refractivity contribution is -0.190. The quantitative estimate of drug-likeness (QED) is 0.161. The van der Waals surface area contributed by atoms with Gasteiger partial charge in [-0.3, -0.25) is 0 Å². The van der Waals surface area contributed by atoms with Crippen molar-refractivity contribution in [2.45, 2.75) is 123 Å². The van der Waals surface area contributed by atoms with Crippen LogP contribution in [-0.2, 0) is 42.9 Å². The molecule has 3 rings (SSSR count). The largest absolute Gasteiger partial charge is 0.459 e. The second-order valence-corrected chi connectivity index (χ2v) is 11.6. The first kappa shape index (κ1) is 31.5. The number of ether oxygens (including phenoxy) is 5. The minimum absolute atomic E-state index is 0.0223. The lowest BCUT2D eigenvalue weighted by atomic mass is 9.77. The van der Waals surface area contributed by atoms with E-state index >= 15 is 0 Å². The first-order valence-corrected chi connectivity index (χ1v) is 13.7. The van der Waals surface area contributed by atoms with Gasteiger partial charge in [-0.05, 0) is 81.2 Å². The van der Waals surface area contributed by atoms with Crippen molar-refractivity contribution in [3.8, 4) is 0 Å². The Labute approximate surface area is 235 Å². The van der Waals surface area contributed by atoms with Crippen LogP contribution in [0.1, 0.15) is 81.6 Å². The number of carbonyl (C=O) groups is 4. The monoisotopic (exact) mass is 562 g/mol. The minimum Gasteiger partial charge on any atom is -0.459 e. The summed E-state index contributed by atoms with van der Waals surface area (Å²) in [6.07, 6.45) is 3.27. The zero-order valence-corrected chi connectivity index (χ0v) is 24.9.